The van der Waals surface area contributed by atoms with Crippen molar-refractivity contribution in [2.75, 3.05) is 0 Å². The molecule has 0 fully saturated rings. The molecule has 0 saturated heterocycles. The highest BCUT2D eigenvalue weighted by Gasteiger charge is 2.20. The molecule has 5 heteroatoms. The Morgan fingerprint density at radius 3 is 2.29 bits per heavy atom. The number of rotatable bonds is 14. The predicted molar refractivity (Wildman–Crippen MR) is 115 cm³/mol. The molecule has 0 bridgehead atoms. The number of para-hydroxylation sites is 1. The number of carbonyl (C=O) groups excluding carboxylic acids is 2. The van der Waals surface area contributed by atoms with E-state index in [0.717, 1.165) is 32.1 Å². The molecule has 1 radical (unpaired) electrons. The Kier molecular flexibility index (Phi) is 12.6. The van der Waals surface area contributed by atoms with Crippen LogP contribution in [-0.2, 0) is 9.53 Å². The summed E-state index contributed by atoms with van der Waals surface area (Å²) in [6.45, 7) is 5.54. The minimum absolute atomic E-state index is 0.0512. The molecule has 28 heavy (non-hydrogen) atoms. The van der Waals surface area contributed by atoms with E-state index in [9.17, 15) is 9.59 Å². The number of carbonyl (C=O) groups is 2. The van der Waals surface area contributed by atoms with Crippen molar-refractivity contribution in [1.29, 1.82) is 0 Å². The van der Waals surface area contributed by atoms with Gasteiger partial charge in [-0.1, -0.05) is 57.6 Å². The zero-order chi connectivity index (χ0) is 20.8. The van der Waals surface area contributed by atoms with Crippen molar-refractivity contribution in [3.05, 3.63) is 29.8 Å². The van der Waals surface area contributed by atoms with Crippen LogP contribution in [0.15, 0.2) is 24.3 Å². The van der Waals surface area contributed by atoms with Crippen LogP contribution in [-0.4, -0.2) is 23.4 Å². The SMILES string of the molecule is CCCCCCCCCC(CCC(C)Cl)OC(=O)c1ccccc1[N]C(C)=O. The molecule has 1 rings (SSSR count). The number of esters is 1. The largest absolute Gasteiger partial charge is 0.459 e. The van der Waals surface area contributed by atoms with Crippen molar-refractivity contribution < 1.29 is 14.3 Å². The number of nitrogens with zero attached hydrogens (tertiary/aromatic N) is 1. The monoisotopic (exact) mass is 408 g/mol. The highest BCUT2D eigenvalue weighted by atomic mass is 35.5. The maximum absolute atomic E-state index is 12.7. The maximum Gasteiger partial charge on any atom is 0.340 e. The molecule has 0 aliphatic heterocycles. The van der Waals surface area contributed by atoms with Crippen LogP contribution in [0.3, 0.4) is 0 Å². The van der Waals surface area contributed by atoms with E-state index in [0.29, 0.717) is 11.3 Å². The summed E-state index contributed by atoms with van der Waals surface area (Å²) >= 11 is 6.10. The minimum atomic E-state index is -0.421. The van der Waals surface area contributed by atoms with Gasteiger partial charge < -0.3 is 4.74 Å². The molecule has 0 spiro atoms. The number of unbranched alkanes of at least 4 members (excludes halogenated alkanes) is 6. The average molecular weight is 409 g/mol. The highest BCUT2D eigenvalue weighted by Crippen LogP contribution is 2.21. The van der Waals surface area contributed by atoms with Gasteiger partial charge in [-0.05, 0) is 44.7 Å². The summed E-state index contributed by atoms with van der Waals surface area (Å²) in [7, 11) is 0. The number of benzene rings is 1. The van der Waals surface area contributed by atoms with Gasteiger partial charge in [-0.3, -0.25) is 4.79 Å². The molecule has 0 aliphatic carbocycles. The Balaban J connectivity index is 2.60. The second-order valence-corrected chi connectivity index (χ2v) is 8.19. The first-order chi connectivity index (χ1) is 13.4. The molecule has 1 aromatic carbocycles. The number of halogens is 1. The third-order valence-electron chi connectivity index (χ3n) is 4.69. The third-order valence-corrected chi connectivity index (χ3v) is 4.91. The molecule has 0 N–H and O–H groups in total. The molecule has 0 heterocycles. The van der Waals surface area contributed by atoms with E-state index in [1.807, 2.05) is 6.92 Å². The quantitative estimate of drug-likeness (QED) is 0.199. The van der Waals surface area contributed by atoms with Crippen molar-refractivity contribution >= 4 is 29.2 Å². The maximum atomic E-state index is 12.7. The van der Waals surface area contributed by atoms with Crippen molar-refractivity contribution in [3.63, 3.8) is 0 Å². The Morgan fingerprint density at radius 1 is 1.00 bits per heavy atom. The van der Waals surface area contributed by atoms with Crippen LogP contribution in [0.4, 0.5) is 5.69 Å². The summed E-state index contributed by atoms with van der Waals surface area (Å²) in [6, 6.07) is 6.81. The summed E-state index contributed by atoms with van der Waals surface area (Å²) in [6.07, 6.45) is 10.8. The van der Waals surface area contributed by atoms with Crippen LogP contribution in [0.25, 0.3) is 0 Å². The van der Waals surface area contributed by atoms with Crippen molar-refractivity contribution in [3.8, 4) is 0 Å². The first-order valence-corrected chi connectivity index (χ1v) is 11.0. The number of hydrogen-bond donors (Lipinski definition) is 0. The Bertz CT molecular complexity index is 589. The minimum Gasteiger partial charge on any atom is -0.459 e. The first-order valence-electron chi connectivity index (χ1n) is 10.6. The van der Waals surface area contributed by atoms with E-state index in [1.165, 1.54) is 39.0 Å². The van der Waals surface area contributed by atoms with Gasteiger partial charge in [0.05, 0.1) is 11.3 Å². The van der Waals surface area contributed by atoms with E-state index in [4.69, 9.17) is 16.3 Å². The van der Waals surface area contributed by atoms with Gasteiger partial charge in [0.25, 0.3) is 0 Å². The number of alkyl halides is 1. The van der Waals surface area contributed by atoms with Gasteiger partial charge in [-0.25, -0.2) is 10.1 Å². The molecular formula is C23H35ClNO3. The summed E-state index contributed by atoms with van der Waals surface area (Å²) < 4.78 is 5.79. The zero-order valence-corrected chi connectivity index (χ0v) is 18.3. The van der Waals surface area contributed by atoms with Gasteiger partial charge in [0.2, 0.25) is 5.91 Å². The number of ether oxygens (including phenoxy) is 1. The Morgan fingerprint density at radius 2 is 1.64 bits per heavy atom. The summed E-state index contributed by atoms with van der Waals surface area (Å²) in [4.78, 5) is 24.0. The van der Waals surface area contributed by atoms with Gasteiger partial charge in [-0.15, -0.1) is 11.6 Å². The van der Waals surface area contributed by atoms with Gasteiger partial charge in [0.1, 0.15) is 6.10 Å². The van der Waals surface area contributed by atoms with E-state index in [1.54, 1.807) is 24.3 Å². The normalized spacial score (nSPS) is 13.0. The van der Waals surface area contributed by atoms with Crippen molar-refractivity contribution in [2.24, 2.45) is 0 Å². The average Bonchev–Trinajstić information content (AvgIpc) is 2.64. The van der Waals surface area contributed by atoms with Crippen LogP contribution in [0.1, 0.15) is 95.3 Å². The van der Waals surface area contributed by atoms with E-state index < -0.39 is 5.97 Å². The predicted octanol–water partition coefficient (Wildman–Crippen LogP) is 6.54. The standard InChI is InChI=1S/C23H35ClNO3/c1-4-5-6-7-8-9-10-13-20(17-16-18(2)24)28-23(27)21-14-11-12-15-22(21)25-19(3)26/h11-12,14-15,18,20H,4-10,13,16-17H2,1-3H3. The second kappa shape index (κ2) is 14.4. The Labute approximate surface area is 175 Å². The molecule has 1 amide bonds. The summed E-state index contributed by atoms with van der Waals surface area (Å²) in [5, 5.41) is 3.96. The fourth-order valence-corrected chi connectivity index (χ4v) is 3.26. The Hall–Kier alpha value is -1.55. The van der Waals surface area contributed by atoms with Crippen LogP contribution in [0, 0.1) is 0 Å². The topological polar surface area (TPSA) is 57.5 Å². The number of amides is 1. The highest BCUT2D eigenvalue weighted by molar-refractivity contribution is 6.20. The lowest BCUT2D eigenvalue weighted by atomic mass is 10.0. The van der Waals surface area contributed by atoms with Crippen LogP contribution in [0.2, 0.25) is 0 Å². The van der Waals surface area contributed by atoms with Crippen LogP contribution in [0.5, 0.6) is 0 Å². The lowest BCUT2D eigenvalue weighted by Crippen LogP contribution is -2.21. The molecule has 157 valence electrons. The van der Waals surface area contributed by atoms with Crippen LogP contribution >= 0.6 is 11.6 Å². The van der Waals surface area contributed by atoms with E-state index in [2.05, 4.69) is 12.2 Å². The van der Waals surface area contributed by atoms with Gasteiger partial charge in [0.15, 0.2) is 0 Å². The molecule has 0 saturated carbocycles. The molecule has 2 unspecified atom stereocenters. The second-order valence-electron chi connectivity index (χ2n) is 7.44. The van der Waals surface area contributed by atoms with Gasteiger partial charge in [-0.2, -0.15) is 0 Å². The first kappa shape index (κ1) is 24.5. The molecule has 1 aromatic rings. The fraction of sp³-hybridized carbons (Fsp3) is 0.652. The van der Waals surface area contributed by atoms with Crippen LogP contribution < -0.4 is 5.32 Å². The van der Waals surface area contributed by atoms with Gasteiger partial charge in [0, 0.05) is 12.3 Å². The lowest BCUT2D eigenvalue weighted by Gasteiger charge is -2.19. The molecule has 0 aromatic heterocycles. The number of hydrogen-bond acceptors (Lipinski definition) is 3. The van der Waals surface area contributed by atoms with Gasteiger partial charge >= 0.3 is 5.97 Å². The molecular weight excluding hydrogens is 374 g/mol. The van der Waals surface area contributed by atoms with E-state index >= 15 is 0 Å². The third kappa shape index (κ3) is 10.7. The molecule has 4 nitrogen and oxygen atoms in total. The summed E-state index contributed by atoms with van der Waals surface area (Å²) in [5.41, 5.74) is 0.696. The smallest absolute Gasteiger partial charge is 0.340 e. The summed E-state index contributed by atoms with van der Waals surface area (Å²) in [5.74, 6) is -0.758. The molecule has 2 atom stereocenters. The van der Waals surface area contributed by atoms with E-state index in [-0.39, 0.29) is 17.4 Å². The lowest BCUT2D eigenvalue weighted by molar-refractivity contribution is -0.118. The van der Waals surface area contributed by atoms with Crippen molar-refractivity contribution in [2.45, 2.75) is 96.5 Å². The zero-order valence-electron chi connectivity index (χ0n) is 17.6. The fourth-order valence-electron chi connectivity index (χ4n) is 3.14. The van der Waals surface area contributed by atoms with Crippen molar-refractivity contribution in [1.82, 2.24) is 5.32 Å². The molecule has 0 aliphatic rings.